The maximum atomic E-state index is 12.0. The summed E-state index contributed by atoms with van der Waals surface area (Å²) in [6, 6.07) is 2.11. The fourth-order valence-corrected chi connectivity index (χ4v) is 2.43. The van der Waals surface area contributed by atoms with Gasteiger partial charge in [-0.3, -0.25) is 15.0 Å². The molecule has 1 aromatic carbocycles. The van der Waals surface area contributed by atoms with Gasteiger partial charge in [-0.2, -0.15) is 4.74 Å². The number of anilines is 1. The number of hydrogen-bond acceptors (Lipinski definition) is 6. The first kappa shape index (κ1) is 17.1. The summed E-state index contributed by atoms with van der Waals surface area (Å²) in [6.45, 7) is 14.4. The lowest BCUT2D eigenvalue weighted by molar-refractivity contribution is -0.430. The van der Waals surface area contributed by atoms with Crippen LogP contribution >= 0.6 is 0 Å². The Labute approximate surface area is 138 Å². The molecular weight excluding hydrogens is 316 g/mol. The van der Waals surface area contributed by atoms with Crippen molar-refractivity contribution in [3.63, 3.8) is 0 Å². The van der Waals surface area contributed by atoms with E-state index in [0.717, 1.165) is 19.2 Å². The van der Waals surface area contributed by atoms with Gasteiger partial charge in [0.15, 0.2) is 18.6 Å². The SMILES string of the molecule is C=C1OC(C)(C)C(=C)N1c1c([N+](=C)[O-])cc([N+](=O)[O-])cc1[N+](C)=O. The number of nitroso groups, excluding NO2 is 1. The van der Waals surface area contributed by atoms with Crippen molar-refractivity contribution in [1.82, 2.24) is 0 Å². The summed E-state index contributed by atoms with van der Waals surface area (Å²) >= 11 is 0. The minimum atomic E-state index is -0.816. The Hall–Kier alpha value is -3.23. The van der Waals surface area contributed by atoms with Gasteiger partial charge in [-0.1, -0.05) is 6.58 Å². The second-order valence-electron chi connectivity index (χ2n) is 5.75. The number of nitrogens with zero attached hydrogens (tertiary/aromatic N) is 4. The number of rotatable bonds is 4. The quantitative estimate of drug-likeness (QED) is 0.276. The number of benzene rings is 1. The van der Waals surface area contributed by atoms with Crippen molar-refractivity contribution < 1.29 is 19.2 Å². The molecule has 9 nitrogen and oxygen atoms in total. The molecule has 1 aliphatic rings. The molecular formula is C15H17N4O5+. The number of nitro groups is 1. The molecule has 1 aliphatic heterocycles. The zero-order valence-electron chi connectivity index (χ0n) is 13.6. The third kappa shape index (κ3) is 2.60. The second kappa shape index (κ2) is 5.44. The van der Waals surface area contributed by atoms with Crippen molar-refractivity contribution in [1.29, 1.82) is 0 Å². The molecule has 2 rings (SSSR count). The third-order valence-electron chi connectivity index (χ3n) is 3.68. The lowest BCUT2D eigenvalue weighted by atomic mass is 10.1. The Balaban J connectivity index is 2.84. The zero-order chi connectivity index (χ0) is 18.4. The first-order chi connectivity index (χ1) is 11.0. The summed E-state index contributed by atoms with van der Waals surface area (Å²) in [7, 11) is 1.16. The summed E-state index contributed by atoms with van der Waals surface area (Å²) in [5, 5.41) is 23.0. The van der Waals surface area contributed by atoms with Crippen LogP contribution in [0.2, 0.25) is 0 Å². The summed E-state index contributed by atoms with van der Waals surface area (Å²) in [5.74, 6) is 0.144. The summed E-state index contributed by atoms with van der Waals surface area (Å²) < 4.78 is 6.23. The molecule has 0 atom stereocenters. The molecule has 1 saturated heterocycles. The van der Waals surface area contributed by atoms with E-state index < -0.39 is 16.2 Å². The highest BCUT2D eigenvalue weighted by Gasteiger charge is 2.44. The van der Waals surface area contributed by atoms with Gasteiger partial charge in [0.1, 0.15) is 12.3 Å². The Morgan fingerprint density at radius 1 is 1.17 bits per heavy atom. The summed E-state index contributed by atoms with van der Waals surface area (Å²) in [6.07, 6.45) is 0. The standard InChI is InChI=1S/C15H17N4O5/c1-9-15(3,4)24-10(2)18(9)14-12(16(5)20)7-11(19(22)23)8-13(14)17(6)21/h7-8H,1-2,5H2,3-4,6H3/q+1. The molecule has 9 heteroatoms. The Bertz CT molecular complexity index is 777. The summed E-state index contributed by atoms with van der Waals surface area (Å²) in [5.41, 5.74) is -1.01. The van der Waals surface area contributed by atoms with Crippen LogP contribution < -0.4 is 4.90 Å². The molecule has 1 fully saturated rings. The third-order valence-corrected chi connectivity index (χ3v) is 3.68. The van der Waals surface area contributed by atoms with Gasteiger partial charge >= 0.3 is 0 Å². The number of ether oxygens (including phenoxy) is 1. The molecule has 1 aromatic rings. The normalized spacial score (nSPS) is 16.0. The van der Waals surface area contributed by atoms with Crippen LogP contribution in [0.25, 0.3) is 0 Å². The fraction of sp³-hybridized carbons (Fsp3) is 0.267. The lowest BCUT2D eigenvalue weighted by Gasteiger charge is -2.21. The minimum Gasteiger partial charge on any atom is -0.619 e. The van der Waals surface area contributed by atoms with E-state index >= 15 is 0 Å². The molecule has 0 amide bonds. The van der Waals surface area contributed by atoms with Crippen LogP contribution in [0.5, 0.6) is 0 Å². The van der Waals surface area contributed by atoms with Gasteiger partial charge in [0.05, 0.1) is 22.8 Å². The van der Waals surface area contributed by atoms with E-state index in [0.29, 0.717) is 10.5 Å². The van der Waals surface area contributed by atoms with Crippen LogP contribution in [0.4, 0.5) is 22.7 Å². The number of non-ortho nitro benzene ring substituents is 1. The molecule has 0 unspecified atom stereocenters. The van der Waals surface area contributed by atoms with Crippen LogP contribution in [0, 0.1) is 20.2 Å². The first-order valence-corrected chi connectivity index (χ1v) is 6.86. The van der Waals surface area contributed by atoms with Crippen molar-refractivity contribution in [2.45, 2.75) is 19.4 Å². The predicted molar refractivity (Wildman–Crippen MR) is 88.6 cm³/mol. The minimum absolute atomic E-state index is 0.0728. The van der Waals surface area contributed by atoms with E-state index in [2.05, 4.69) is 19.9 Å². The average molecular weight is 333 g/mol. The second-order valence-corrected chi connectivity index (χ2v) is 5.75. The number of nitro benzene ring substituents is 1. The van der Waals surface area contributed by atoms with Gasteiger partial charge < -0.3 is 9.94 Å². The largest absolute Gasteiger partial charge is 0.619 e. The van der Waals surface area contributed by atoms with E-state index in [1.807, 2.05) is 0 Å². The van der Waals surface area contributed by atoms with Crippen molar-refractivity contribution in [2.75, 3.05) is 11.9 Å². The average Bonchev–Trinajstić information content (AvgIpc) is 2.65. The van der Waals surface area contributed by atoms with Crippen LogP contribution in [-0.2, 0) is 4.74 Å². The van der Waals surface area contributed by atoms with Crippen molar-refractivity contribution in [2.24, 2.45) is 0 Å². The first-order valence-electron chi connectivity index (χ1n) is 6.86. The van der Waals surface area contributed by atoms with Crippen molar-refractivity contribution in [3.05, 3.63) is 57.1 Å². The van der Waals surface area contributed by atoms with E-state index in [9.17, 15) is 20.2 Å². The fourth-order valence-electron chi connectivity index (χ4n) is 2.43. The van der Waals surface area contributed by atoms with E-state index in [1.54, 1.807) is 13.8 Å². The topological polar surface area (TPSA) is 102 Å². The van der Waals surface area contributed by atoms with Gasteiger partial charge in [-0.05, 0) is 20.4 Å². The molecule has 0 spiro atoms. The van der Waals surface area contributed by atoms with E-state index in [1.165, 1.54) is 4.90 Å². The predicted octanol–water partition coefficient (Wildman–Crippen LogP) is 3.08. The van der Waals surface area contributed by atoms with Crippen LogP contribution in [0.1, 0.15) is 13.8 Å². The molecule has 0 N–H and O–H groups in total. The zero-order valence-corrected chi connectivity index (χ0v) is 13.6. The molecule has 0 saturated carbocycles. The molecule has 0 aliphatic carbocycles. The van der Waals surface area contributed by atoms with Crippen LogP contribution in [0.15, 0.2) is 36.9 Å². The van der Waals surface area contributed by atoms with Gasteiger partial charge in [-0.15, -0.1) is 0 Å². The lowest BCUT2D eigenvalue weighted by Crippen LogP contribution is -2.25. The Morgan fingerprint density at radius 3 is 2.08 bits per heavy atom. The highest BCUT2D eigenvalue weighted by atomic mass is 16.6. The molecule has 0 bridgehead atoms. The Kier molecular flexibility index (Phi) is 3.89. The summed E-state index contributed by atoms with van der Waals surface area (Å²) in [4.78, 5) is 23.8. The molecule has 0 radical (unpaired) electrons. The molecule has 24 heavy (non-hydrogen) atoms. The Morgan fingerprint density at radius 2 is 1.71 bits per heavy atom. The van der Waals surface area contributed by atoms with Crippen molar-refractivity contribution >= 4 is 29.5 Å². The highest BCUT2D eigenvalue weighted by Crippen LogP contribution is 2.48. The van der Waals surface area contributed by atoms with Gasteiger partial charge in [0.25, 0.3) is 17.1 Å². The van der Waals surface area contributed by atoms with Gasteiger partial charge in [0.2, 0.25) is 0 Å². The van der Waals surface area contributed by atoms with Crippen molar-refractivity contribution in [3.8, 4) is 0 Å². The van der Waals surface area contributed by atoms with Gasteiger partial charge in [-0.25, -0.2) is 0 Å². The maximum Gasteiger partial charge on any atom is 0.293 e. The number of hydrogen-bond donors (Lipinski definition) is 0. The van der Waals surface area contributed by atoms with Crippen LogP contribution in [0.3, 0.4) is 0 Å². The molecule has 1 heterocycles. The monoisotopic (exact) mass is 333 g/mol. The smallest absolute Gasteiger partial charge is 0.293 e. The molecule has 126 valence electrons. The van der Waals surface area contributed by atoms with Gasteiger partial charge in [0, 0.05) is 9.67 Å². The van der Waals surface area contributed by atoms with E-state index in [4.69, 9.17) is 4.74 Å². The molecule has 0 aromatic heterocycles. The maximum absolute atomic E-state index is 12.0. The van der Waals surface area contributed by atoms with Crippen LogP contribution in [-0.4, -0.2) is 33.8 Å². The van der Waals surface area contributed by atoms with E-state index in [-0.39, 0.29) is 27.7 Å². The highest BCUT2D eigenvalue weighted by molar-refractivity contribution is 5.82.